The fourth-order valence-electron chi connectivity index (χ4n) is 2.42. The SMILES string of the molecule is CCN(Cc1ccc(N(C)C)cc1)C(=O)CSCC(=O)Nc1cc(C)on1. The van der Waals surface area contributed by atoms with Crippen LogP contribution in [0.15, 0.2) is 34.9 Å². The van der Waals surface area contributed by atoms with Crippen LogP contribution in [0.1, 0.15) is 18.2 Å². The number of carbonyl (C=O) groups is 2. The Hall–Kier alpha value is -2.48. The van der Waals surface area contributed by atoms with Gasteiger partial charge in [-0.05, 0) is 31.5 Å². The van der Waals surface area contributed by atoms with Crippen LogP contribution in [0.2, 0.25) is 0 Å². The first-order chi connectivity index (χ1) is 12.9. The lowest BCUT2D eigenvalue weighted by molar-refractivity contribution is -0.128. The van der Waals surface area contributed by atoms with E-state index in [9.17, 15) is 9.59 Å². The van der Waals surface area contributed by atoms with Crippen molar-refractivity contribution in [3.05, 3.63) is 41.7 Å². The second kappa shape index (κ2) is 10.0. The molecule has 0 fully saturated rings. The molecule has 27 heavy (non-hydrogen) atoms. The zero-order chi connectivity index (χ0) is 19.8. The molecule has 2 rings (SSSR count). The lowest BCUT2D eigenvalue weighted by Gasteiger charge is -2.21. The number of anilines is 2. The van der Waals surface area contributed by atoms with Crippen LogP contribution in [-0.4, -0.2) is 54.0 Å². The van der Waals surface area contributed by atoms with Crippen molar-refractivity contribution in [1.29, 1.82) is 0 Å². The quantitative estimate of drug-likeness (QED) is 0.709. The molecule has 0 spiro atoms. The Morgan fingerprint density at radius 2 is 1.89 bits per heavy atom. The number of nitrogens with one attached hydrogen (secondary N) is 1. The van der Waals surface area contributed by atoms with Crippen molar-refractivity contribution in [1.82, 2.24) is 10.1 Å². The van der Waals surface area contributed by atoms with E-state index in [2.05, 4.69) is 10.5 Å². The summed E-state index contributed by atoms with van der Waals surface area (Å²) < 4.78 is 4.90. The molecule has 0 atom stereocenters. The highest BCUT2D eigenvalue weighted by Crippen LogP contribution is 2.15. The molecule has 1 aromatic carbocycles. The Balaban J connectivity index is 1.77. The lowest BCUT2D eigenvalue weighted by Crippen LogP contribution is -2.32. The zero-order valence-corrected chi connectivity index (χ0v) is 17.0. The van der Waals surface area contributed by atoms with Crippen molar-refractivity contribution in [2.24, 2.45) is 0 Å². The molecular formula is C19H26N4O3S. The number of carbonyl (C=O) groups excluding carboxylic acids is 2. The number of hydrogen-bond acceptors (Lipinski definition) is 6. The summed E-state index contributed by atoms with van der Waals surface area (Å²) in [7, 11) is 3.99. The van der Waals surface area contributed by atoms with Crippen LogP contribution in [0.4, 0.5) is 11.5 Å². The van der Waals surface area contributed by atoms with Gasteiger partial charge in [-0.25, -0.2) is 0 Å². The fourth-order valence-corrected chi connectivity index (χ4v) is 3.14. The Labute approximate surface area is 164 Å². The third kappa shape index (κ3) is 6.63. The van der Waals surface area contributed by atoms with Crippen molar-refractivity contribution in [2.45, 2.75) is 20.4 Å². The smallest absolute Gasteiger partial charge is 0.235 e. The third-order valence-corrected chi connectivity index (χ3v) is 4.83. The number of nitrogens with zero attached hydrogens (tertiary/aromatic N) is 3. The number of amides is 2. The molecular weight excluding hydrogens is 364 g/mol. The van der Waals surface area contributed by atoms with Crippen LogP contribution in [0.5, 0.6) is 0 Å². The van der Waals surface area contributed by atoms with Gasteiger partial charge in [-0.1, -0.05) is 17.3 Å². The molecule has 0 saturated heterocycles. The molecule has 1 aromatic heterocycles. The molecule has 2 aromatic rings. The largest absolute Gasteiger partial charge is 0.378 e. The van der Waals surface area contributed by atoms with Crippen LogP contribution < -0.4 is 10.2 Å². The molecule has 8 heteroatoms. The van der Waals surface area contributed by atoms with Crippen molar-refractivity contribution >= 4 is 35.1 Å². The summed E-state index contributed by atoms with van der Waals surface area (Å²) in [5.41, 5.74) is 2.21. The fraction of sp³-hybridized carbons (Fsp3) is 0.421. The molecule has 0 bridgehead atoms. The summed E-state index contributed by atoms with van der Waals surface area (Å²) in [5.74, 6) is 1.28. The molecule has 0 aliphatic carbocycles. The zero-order valence-electron chi connectivity index (χ0n) is 16.2. The Kier molecular flexibility index (Phi) is 7.72. The maximum absolute atomic E-state index is 12.4. The van der Waals surface area contributed by atoms with E-state index >= 15 is 0 Å². The first-order valence-corrected chi connectivity index (χ1v) is 9.89. The number of benzene rings is 1. The molecule has 0 saturated carbocycles. The van der Waals surface area contributed by atoms with Gasteiger partial charge in [0.2, 0.25) is 11.8 Å². The van der Waals surface area contributed by atoms with Crippen molar-refractivity contribution in [3.63, 3.8) is 0 Å². The van der Waals surface area contributed by atoms with Gasteiger partial charge in [0, 0.05) is 38.9 Å². The summed E-state index contributed by atoms with van der Waals surface area (Å²) in [6, 6.07) is 9.79. The molecule has 0 aliphatic rings. The average Bonchev–Trinajstić information content (AvgIpc) is 3.04. The van der Waals surface area contributed by atoms with Gasteiger partial charge in [0.25, 0.3) is 0 Å². The second-order valence-corrected chi connectivity index (χ2v) is 7.32. The van der Waals surface area contributed by atoms with Crippen LogP contribution in [0, 0.1) is 6.92 Å². The molecule has 1 heterocycles. The third-order valence-electron chi connectivity index (χ3n) is 3.91. The van der Waals surface area contributed by atoms with E-state index in [0.717, 1.165) is 11.3 Å². The molecule has 0 unspecified atom stereocenters. The minimum absolute atomic E-state index is 0.0178. The highest BCUT2D eigenvalue weighted by molar-refractivity contribution is 8.00. The molecule has 0 aliphatic heterocycles. The van der Waals surface area contributed by atoms with Crippen LogP contribution in [0.25, 0.3) is 0 Å². The van der Waals surface area contributed by atoms with Gasteiger partial charge >= 0.3 is 0 Å². The number of hydrogen-bond donors (Lipinski definition) is 1. The second-order valence-electron chi connectivity index (χ2n) is 6.33. The van der Waals surface area contributed by atoms with Gasteiger partial charge in [0.1, 0.15) is 5.76 Å². The van der Waals surface area contributed by atoms with Gasteiger partial charge in [0.15, 0.2) is 5.82 Å². The van der Waals surface area contributed by atoms with Gasteiger partial charge in [-0.2, -0.15) is 0 Å². The Morgan fingerprint density at radius 3 is 2.44 bits per heavy atom. The standard InChI is InChI=1S/C19H26N4O3S/c1-5-23(11-15-6-8-16(9-7-15)22(3)4)19(25)13-27-12-18(24)20-17-10-14(2)26-21-17/h6-10H,5,11-13H2,1-4H3,(H,20,21,24). The molecule has 7 nitrogen and oxygen atoms in total. The summed E-state index contributed by atoms with van der Waals surface area (Å²) in [4.78, 5) is 28.1. The maximum atomic E-state index is 12.4. The molecule has 2 amide bonds. The van der Waals surface area contributed by atoms with Crippen LogP contribution in [0.3, 0.4) is 0 Å². The van der Waals surface area contributed by atoms with Gasteiger partial charge in [-0.15, -0.1) is 11.8 Å². The predicted molar refractivity (Wildman–Crippen MR) is 109 cm³/mol. The summed E-state index contributed by atoms with van der Waals surface area (Å²) in [6.07, 6.45) is 0. The lowest BCUT2D eigenvalue weighted by atomic mass is 10.2. The maximum Gasteiger partial charge on any atom is 0.235 e. The Bertz CT molecular complexity index is 759. The normalized spacial score (nSPS) is 10.5. The molecule has 146 valence electrons. The minimum Gasteiger partial charge on any atom is -0.378 e. The van der Waals surface area contributed by atoms with E-state index in [-0.39, 0.29) is 23.3 Å². The van der Waals surface area contributed by atoms with Gasteiger partial charge in [-0.3, -0.25) is 9.59 Å². The first kappa shape index (κ1) is 20.8. The molecule has 0 radical (unpaired) electrons. The van der Waals surface area contributed by atoms with Crippen molar-refractivity contribution in [2.75, 3.05) is 42.4 Å². The minimum atomic E-state index is -0.205. The number of aryl methyl sites for hydroxylation is 1. The Morgan fingerprint density at radius 1 is 1.19 bits per heavy atom. The van der Waals surface area contributed by atoms with E-state index < -0.39 is 0 Å². The summed E-state index contributed by atoms with van der Waals surface area (Å²) in [6.45, 7) is 4.90. The number of thioether (sulfide) groups is 1. The molecule has 1 N–H and O–H groups in total. The number of rotatable bonds is 9. The van der Waals surface area contributed by atoms with E-state index in [0.29, 0.717) is 24.7 Å². The van der Waals surface area contributed by atoms with Gasteiger partial charge in [0.05, 0.1) is 11.5 Å². The van der Waals surface area contributed by atoms with E-state index in [1.807, 2.05) is 50.2 Å². The highest BCUT2D eigenvalue weighted by atomic mass is 32.2. The van der Waals surface area contributed by atoms with E-state index in [4.69, 9.17) is 4.52 Å². The first-order valence-electron chi connectivity index (χ1n) is 8.74. The van der Waals surface area contributed by atoms with Gasteiger partial charge < -0.3 is 19.6 Å². The van der Waals surface area contributed by atoms with E-state index in [1.165, 1.54) is 11.8 Å². The topological polar surface area (TPSA) is 78.7 Å². The monoisotopic (exact) mass is 390 g/mol. The van der Waals surface area contributed by atoms with E-state index in [1.54, 1.807) is 17.9 Å². The van der Waals surface area contributed by atoms with Crippen molar-refractivity contribution < 1.29 is 14.1 Å². The summed E-state index contributed by atoms with van der Waals surface area (Å²) in [5, 5.41) is 6.35. The van der Waals surface area contributed by atoms with Crippen LogP contribution in [-0.2, 0) is 16.1 Å². The van der Waals surface area contributed by atoms with Crippen LogP contribution >= 0.6 is 11.8 Å². The summed E-state index contributed by atoms with van der Waals surface area (Å²) >= 11 is 1.29. The average molecular weight is 391 g/mol. The van der Waals surface area contributed by atoms with Crippen molar-refractivity contribution in [3.8, 4) is 0 Å². The predicted octanol–water partition coefficient (Wildman–Crippen LogP) is 2.77. The number of aromatic nitrogens is 1. The highest BCUT2D eigenvalue weighted by Gasteiger charge is 2.14.